The van der Waals surface area contributed by atoms with Crippen LogP contribution in [0.4, 0.5) is 0 Å². The molecule has 0 unspecified atom stereocenters. The third-order valence-corrected chi connectivity index (χ3v) is 3.72. The molecule has 0 aromatic heterocycles. The lowest BCUT2D eigenvalue weighted by Crippen LogP contribution is -2.54. The van der Waals surface area contributed by atoms with Gasteiger partial charge in [-0.1, -0.05) is 13.8 Å². The molecule has 7 heteroatoms. The van der Waals surface area contributed by atoms with Crippen LogP contribution in [0.15, 0.2) is 0 Å². The van der Waals surface area contributed by atoms with Gasteiger partial charge in [0, 0.05) is 39.8 Å². The lowest BCUT2D eigenvalue weighted by molar-refractivity contribution is -0.135. The van der Waals surface area contributed by atoms with Crippen molar-refractivity contribution in [3.8, 4) is 0 Å². The first kappa shape index (κ1) is 18.9. The molecule has 1 saturated heterocycles. The molecule has 0 aliphatic carbocycles. The van der Waals surface area contributed by atoms with Crippen molar-refractivity contribution >= 4 is 11.8 Å². The first-order valence-corrected chi connectivity index (χ1v) is 7.96. The number of hydrogen-bond acceptors (Lipinski definition) is 5. The predicted octanol–water partition coefficient (Wildman–Crippen LogP) is -0.733. The van der Waals surface area contributed by atoms with Gasteiger partial charge in [0.1, 0.15) is 0 Å². The highest BCUT2D eigenvalue weighted by Crippen LogP contribution is 2.08. The Morgan fingerprint density at radius 2 is 1.86 bits per heavy atom. The highest BCUT2D eigenvalue weighted by atomic mass is 16.5. The summed E-state index contributed by atoms with van der Waals surface area (Å²) in [6, 6.07) is -0.413. The molecule has 22 heavy (non-hydrogen) atoms. The van der Waals surface area contributed by atoms with Gasteiger partial charge in [-0.05, 0) is 12.3 Å². The number of carbonyl (C=O) groups is 2. The molecule has 1 atom stereocenters. The monoisotopic (exact) mass is 314 g/mol. The minimum Gasteiger partial charge on any atom is -0.383 e. The quantitative estimate of drug-likeness (QED) is 0.577. The van der Waals surface area contributed by atoms with Crippen molar-refractivity contribution in [2.45, 2.75) is 26.3 Å². The van der Waals surface area contributed by atoms with Gasteiger partial charge in [-0.25, -0.2) is 0 Å². The van der Waals surface area contributed by atoms with E-state index >= 15 is 0 Å². The molecule has 2 amide bonds. The zero-order chi connectivity index (χ0) is 16.5. The summed E-state index contributed by atoms with van der Waals surface area (Å²) in [5, 5.41) is 2.80. The first-order chi connectivity index (χ1) is 10.4. The summed E-state index contributed by atoms with van der Waals surface area (Å²) in [4.78, 5) is 27.8. The fraction of sp³-hybridized carbons (Fsp3) is 0.867. The van der Waals surface area contributed by atoms with E-state index in [9.17, 15) is 9.59 Å². The summed E-state index contributed by atoms with van der Waals surface area (Å²) in [6.07, 6.45) is 0.709. The van der Waals surface area contributed by atoms with Gasteiger partial charge in [-0.15, -0.1) is 0 Å². The van der Waals surface area contributed by atoms with Crippen molar-refractivity contribution in [1.29, 1.82) is 0 Å². The van der Waals surface area contributed by atoms with E-state index in [0.717, 1.165) is 0 Å². The Kier molecular flexibility index (Phi) is 8.37. The number of carbonyl (C=O) groups excluding carboxylic acids is 2. The molecule has 0 saturated carbocycles. The number of nitrogens with zero attached hydrogens (tertiary/aromatic N) is 2. The van der Waals surface area contributed by atoms with Crippen LogP contribution in [0.1, 0.15) is 20.3 Å². The summed E-state index contributed by atoms with van der Waals surface area (Å²) < 4.78 is 4.89. The van der Waals surface area contributed by atoms with Crippen LogP contribution >= 0.6 is 0 Å². The van der Waals surface area contributed by atoms with Crippen LogP contribution in [-0.4, -0.2) is 80.6 Å². The van der Waals surface area contributed by atoms with Crippen LogP contribution in [0.3, 0.4) is 0 Å². The predicted molar refractivity (Wildman–Crippen MR) is 85.3 cm³/mol. The zero-order valence-corrected chi connectivity index (χ0v) is 14.0. The van der Waals surface area contributed by atoms with E-state index in [4.69, 9.17) is 10.5 Å². The summed E-state index contributed by atoms with van der Waals surface area (Å²) >= 11 is 0. The Hall–Kier alpha value is -1.18. The average Bonchev–Trinajstić information content (AvgIpc) is 2.47. The normalized spacial score (nSPS) is 17.6. The third kappa shape index (κ3) is 6.72. The molecule has 0 aromatic rings. The second-order valence-corrected chi connectivity index (χ2v) is 6.18. The van der Waals surface area contributed by atoms with Crippen LogP contribution in [-0.2, 0) is 14.3 Å². The number of piperazine rings is 1. The van der Waals surface area contributed by atoms with Gasteiger partial charge in [0.15, 0.2) is 0 Å². The topological polar surface area (TPSA) is 87.9 Å². The van der Waals surface area contributed by atoms with Crippen LogP contribution < -0.4 is 11.1 Å². The molecule has 7 nitrogen and oxygen atoms in total. The van der Waals surface area contributed by atoms with E-state index in [1.54, 1.807) is 7.11 Å². The van der Waals surface area contributed by atoms with Gasteiger partial charge in [0.2, 0.25) is 11.8 Å². The largest absolute Gasteiger partial charge is 0.383 e. The van der Waals surface area contributed by atoms with Gasteiger partial charge >= 0.3 is 0 Å². The Bertz CT molecular complexity index is 355. The molecule has 0 bridgehead atoms. The number of nitrogens with one attached hydrogen (secondary N) is 1. The van der Waals surface area contributed by atoms with Gasteiger partial charge in [-0.2, -0.15) is 0 Å². The number of rotatable bonds is 8. The van der Waals surface area contributed by atoms with Crippen molar-refractivity contribution in [1.82, 2.24) is 15.1 Å². The van der Waals surface area contributed by atoms with E-state index in [0.29, 0.717) is 58.2 Å². The molecule has 3 N–H and O–H groups in total. The molecular formula is C15H30N4O3. The molecule has 1 aliphatic rings. The van der Waals surface area contributed by atoms with Crippen molar-refractivity contribution in [2.24, 2.45) is 11.7 Å². The standard InChI is InChI=1S/C15H30N4O3/c1-12(2)10-13(16)15(21)19-7-5-18(6-8-19)11-14(20)17-4-9-22-3/h12-13H,4-11,16H2,1-3H3,(H,17,20)/t13-/m0/s1. The van der Waals surface area contributed by atoms with Crippen LogP contribution in [0.25, 0.3) is 0 Å². The maximum absolute atomic E-state index is 12.2. The summed E-state index contributed by atoms with van der Waals surface area (Å²) in [5.74, 6) is 0.433. The van der Waals surface area contributed by atoms with E-state index in [2.05, 4.69) is 24.1 Å². The Morgan fingerprint density at radius 3 is 2.41 bits per heavy atom. The summed E-state index contributed by atoms with van der Waals surface area (Å²) in [7, 11) is 1.60. The third-order valence-electron chi connectivity index (χ3n) is 3.72. The lowest BCUT2D eigenvalue weighted by atomic mass is 10.0. The molecule has 1 heterocycles. The highest BCUT2D eigenvalue weighted by Gasteiger charge is 2.26. The van der Waals surface area contributed by atoms with E-state index in [-0.39, 0.29) is 11.8 Å². The SMILES string of the molecule is COCCNC(=O)CN1CCN(C(=O)[C@@H](N)CC(C)C)CC1. The lowest BCUT2D eigenvalue weighted by Gasteiger charge is -2.35. The van der Waals surface area contributed by atoms with Crippen LogP contribution in [0, 0.1) is 5.92 Å². The first-order valence-electron chi connectivity index (χ1n) is 7.96. The number of hydrogen-bond donors (Lipinski definition) is 2. The number of ether oxygens (including phenoxy) is 1. The van der Waals surface area contributed by atoms with Crippen molar-refractivity contribution in [2.75, 3.05) is 53.0 Å². The fourth-order valence-corrected chi connectivity index (χ4v) is 2.52. The molecule has 1 fully saturated rings. The second-order valence-electron chi connectivity index (χ2n) is 6.18. The van der Waals surface area contributed by atoms with Crippen molar-refractivity contribution in [3.05, 3.63) is 0 Å². The van der Waals surface area contributed by atoms with Gasteiger partial charge in [0.25, 0.3) is 0 Å². The maximum atomic E-state index is 12.2. The van der Waals surface area contributed by atoms with Gasteiger partial charge in [0.05, 0.1) is 19.2 Å². The van der Waals surface area contributed by atoms with Crippen molar-refractivity contribution < 1.29 is 14.3 Å². The number of nitrogens with two attached hydrogens (primary N) is 1. The number of methoxy groups -OCH3 is 1. The highest BCUT2D eigenvalue weighted by molar-refractivity contribution is 5.82. The molecule has 128 valence electrons. The van der Waals surface area contributed by atoms with E-state index in [1.807, 2.05) is 4.90 Å². The van der Waals surface area contributed by atoms with Gasteiger partial charge in [-0.3, -0.25) is 14.5 Å². The number of amides is 2. The molecule has 1 aliphatic heterocycles. The molecule has 1 rings (SSSR count). The summed E-state index contributed by atoms with van der Waals surface area (Å²) in [5.41, 5.74) is 5.95. The molecule has 0 spiro atoms. The smallest absolute Gasteiger partial charge is 0.239 e. The van der Waals surface area contributed by atoms with Crippen LogP contribution in [0.5, 0.6) is 0 Å². The van der Waals surface area contributed by atoms with Gasteiger partial charge < -0.3 is 20.7 Å². The Balaban J connectivity index is 2.28. The average molecular weight is 314 g/mol. The molecule has 0 radical (unpaired) electrons. The maximum Gasteiger partial charge on any atom is 0.239 e. The Labute approximate surface area is 133 Å². The van der Waals surface area contributed by atoms with Crippen molar-refractivity contribution in [3.63, 3.8) is 0 Å². The van der Waals surface area contributed by atoms with E-state index in [1.165, 1.54) is 0 Å². The summed E-state index contributed by atoms with van der Waals surface area (Å²) in [6.45, 7) is 8.21. The zero-order valence-electron chi connectivity index (χ0n) is 14.0. The molecule has 0 aromatic carbocycles. The Morgan fingerprint density at radius 1 is 1.23 bits per heavy atom. The minimum atomic E-state index is -0.413. The van der Waals surface area contributed by atoms with Crippen LogP contribution in [0.2, 0.25) is 0 Å². The van der Waals surface area contributed by atoms with E-state index < -0.39 is 6.04 Å². The molecular weight excluding hydrogens is 284 g/mol. The fourth-order valence-electron chi connectivity index (χ4n) is 2.52. The second kappa shape index (κ2) is 9.76. The minimum absolute atomic E-state index is 0.00617.